The molecule has 0 radical (unpaired) electrons. The molecule has 0 amide bonds. The maximum absolute atomic E-state index is 13.7. The van der Waals surface area contributed by atoms with E-state index < -0.39 is 0 Å². The number of nitrogens with zero attached hydrogens (tertiary/aromatic N) is 1. The van der Waals surface area contributed by atoms with Crippen LogP contribution in [0.2, 0.25) is 0 Å². The smallest absolute Gasteiger partial charge is 0.125 e. The average molecular weight is 278 g/mol. The number of nitrogens with two attached hydrogens (primary N) is 1. The molecule has 1 atom stereocenters. The zero-order valence-electron chi connectivity index (χ0n) is 11.3. The molecule has 1 unspecified atom stereocenters. The summed E-state index contributed by atoms with van der Waals surface area (Å²) in [7, 11) is 1.99. The van der Waals surface area contributed by atoms with E-state index in [0.29, 0.717) is 13.0 Å². The van der Waals surface area contributed by atoms with Crippen molar-refractivity contribution < 1.29 is 4.39 Å². The Morgan fingerprint density at radius 3 is 2.79 bits per heavy atom. The lowest BCUT2D eigenvalue weighted by molar-refractivity contribution is 0.623. The Morgan fingerprint density at radius 1 is 1.37 bits per heavy atom. The van der Waals surface area contributed by atoms with Gasteiger partial charge in [-0.15, -0.1) is 11.3 Å². The predicted octanol–water partition coefficient (Wildman–Crippen LogP) is 3.59. The van der Waals surface area contributed by atoms with Gasteiger partial charge < -0.3 is 10.6 Å². The van der Waals surface area contributed by atoms with E-state index in [1.54, 1.807) is 23.5 Å². The Morgan fingerprint density at radius 2 is 2.16 bits per heavy atom. The molecule has 2 nitrogen and oxygen atoms in total. The molecule has 0 saturated carbocycles. The summed E-state index contributed by atoms with van der Waals surface area (Å²) in [6, 6.07) is 9.51. The van der Waals surface area contributed by atoms with Crippen molar-refractivity contribution >= 4 is 17.0 Å². The zero-order chi connectivity index (χ0) is 13.8. The normalized spacial score (nSPS) is 12.4. The summed E-state index contributed by atoms with van der Waals surface area (Å²) in [6.45, 7) is 2.66. The fourth-order valence-corrected chi connectivity index (χ4v) is 2.92. The third-order valence-corrected chi connectivity index (χ3v) is 4.36. The van der Waals surface area contributed by atoms with Crippen molar-refractivity contribution in [2.45, 2.75) is 19.4 Å². The third kappa shape index (κ3) is 3.33. The van der Waals surface area contributed by atoms with Gasteiger partial charge in [-0.05, 0) is 55.1 Å². The maximum atomic E-state index is 13.7. The van der Waals surface area contributed by atoms with Gasteiger partial charge in [0, 0.05) is 17.6 Å². The van der Waals surface area contributed by atoms with E-state index in [2.05, 4.69) is 23.3 Å². The molecule has 0 bridgehead atoms. The van der Waals surface area contributed by atoms with Crippen molar-refractivity contribution in [2.24, 2.45) is 5.73 Å². The fourth-order valence-electron chi connectivity index (χ4n) is 2.09. The fraction of sp³-hybridized carbons (Fsp3) is 0.333. The summed E-state index contributed by atoms with van der Waals surface area (Å²) in [5.74, 6) is -0.203. The van der Waals surface area contributed by atoms with Crippen molar-refractivity contribution in [1.29, 1.82) is 0 Å². The van der Waals surface area contributed by atoms with Crippen LogP contribution in [0.1, 0.15) is 23.4 Å². The summed E-state index contributed by atoms with van der Waals surface area (Å²) in [4.78, 5) is 3.36. The van der Waals surface area contributed by atoms with E-state index in [1.807, 2.05) is 19.2 Å². The first kappa shape index (κ1) is 14.0. The van der Waals surface area contributed by atoms with E-state index in [0.717, 1.165) is 11.3 Å². The van der Waals surface area contributed by atoms with E-state index in [9.17, 15) is 4.39 Å². The van der Waals surface area contributed by atoms with Gasteiger partial charge in [0.2, 0.25) is 0 Å². The molecule has 19 heavy (non-hydrogen) atoms. The van der Waals surface area contributed by atoms with Crippen molar-refractivity contribution in [2.75, 3.05) is 18.5 Å². The molecule has 0 saturated heterocycles. The molecule has 1 aromatic carbocycles. The van der Waals surface area contributed by atoms with Crippen LogP contribution in [-0.2, 0) is 6.42 Å². The lowest BCUT2D eigenvalue weighted by Crippen LogP contribution is -2.21. The molecule has 1 heterocycles. The van der Waals surface area contributed by atoms with Gasteiger partial charge in [0.15, 0.2) is 0 Å². The Kier molecular flexibility index (Phi) is 4.56. The highest BCUT2D eigenvalue weighted by molar-refractivity contribution is 7.10. The molecule has 2 N–H and O–H groups in total. The molecule has 102 valence electrons. The van der Waals surface area contributed by atoms with E-state index >= 15 is 0 Å². The first-order valence-electron chi connectivity index (χ1n) is 6.37. The summed E-state index contributed by atoms with van der Waals surface area (Å²) in [6.07, 6.45) is 0.700. The van der Waals surface area contributed by atoms with Gasteiger partial charge in [-0.25, -0.2) is 4.39 Å². The first-order chi connectivity index (χ1) is 9.11. The van der Waals surface area contributed by atoms with Gasteiger partial charge in [0.25, 0.3) is 0 Å². The zero-order valence-corrected chi connectivity index (χ0v) is 12.1. The molecular formula is C15H19FN2S. The lowest BCUT2D eigenvalue weighted by Gasteiger charge is -2.26. The highest BCUT2D eigenvalue weighted by Gasteiger charge is 2.14. The van der Waals surface area contributed by atoms with Gasteiger partial charge in [-0.2, -0.15) is 0 Å². The van der Waals surface area contributed by atoms with Gasteiger partial charge in [-0.3, -0.25) is 0 Å². The minimum absolute atomic E-state index is 0.203. The van der Waals surface area contributed by atoms with Gasteiger partial charge in [-0.1, -0.05) is 6.07 Å². The Hall–Kier alpha value is -1.39. The molecule has 0 aliphatic carbocycles. The predicted molar refractivity (Wildman–Crippen MR) is 80.3 cm³/mol. The van der Waals surface area contributed by atoms with Gasteiger partial charge >= 0.3 is 0 Å². The molecule has 4 heteroatoms. The summed E-state index contributed by atoms with van der Waals surface area (Å²) >= 11 is 1.72. The van der Waals surface area contributed by atoms with Crippen LogP contribution in [0, 0.1) is 5.82 Å². The minimum atomic E-state index is -0.203. The second-order valence-corrected chi connectivity index (χ2v) is 5.64. The van der Waals surface area contributed by atoms with E-state index in [-0.39, 0.29) is 11.9 Å². The summed E-state index contributed by atoms with van der Waals surface area (Å²) in [5.41, 5.74) is 7.38. The molecule has 2 rings (SSSR count). The second-order valence-electron chi connectivity index (χ2n) is 4.66. The number of halogens is 1. The molecular weight excluding hydrogens is 259 g/mol. The largest absolute Gasteiger partial charge is 0.367 e. The van der Waals surface area contributed by atoms with Crippen LogP contribution in [0.4, 0.5) is 10.1 Å². The molecule has 1 aromatic heterocycles. The van der Waals surface area contributed by atoms with Crippen molar-refractivity contribution in [1.82, 2.24) is 0 Å². The van der Waals surface area contributed by atoms with Crippen LogP contribution in [0.25, 0.3) is 0 Å². The molecule has 2 aromatic rings. The third-order valence-electron chi connectivity index (χ3n) is 3.32. The number of rotatable bonds is 5. The van der Waals surface area contributed by atoms with Crippen LogP contribution in [0.5, 0.6) is 0 Å². The van der Waals surface area contributed by atoms with Crippen LogP contribution in [0.15, 0.2) is 35.7 Å². The second kappa shape index (κ2) is 6.17. The molecule has 0 spiro atoms. The Balaban J connectivity index is 2.25. The highest BCUT2D eigenvalue weighted by atomic mass is 32.1. The summed E-state index contributed by atoms with van der Waals surface area (Å²) < 4.78 is 13.7. The topological polar surface area (TPSA) is 29.3 Å². The van der Waals surface area contributed by atoms with Gasteiger partial charge in [0.1, 0.15) is 5.82 Å². The van der Waals surface area contributed by atoms with Crippen LogP contribution in [-0.4, -0.2) is 13.6 Å². The number of hydrogen-bond donors (Lipinski definition) is 1. The van der Waals surface area contributed by atoms with E-state index in [4.69, 9.17) is 5.73 Å². The Labute approximate surface area is 117 Å². The monoisotopic (exact) mass is 278 g/mol. The van der Waals surface area contributed by atoms with Crippen LogP contribution in [0.3, 0.4) is 0 Å². The molecule has 0 aliphatic heterocycles. The lowest BCUT2D eigenvalue weighted by atomic mass is 10.1. The number of anilines is 1. The maximum Gasteiger partial charge on any atom is 0.125 e. The first-order valence-corrected chi connectivity index (χ1v) is 7.25. The standard InChI is InChI=1S/C15H19FN2S/c1-11(15-4-3-7-19-15)18(2)14-9-12(5-6-17)8-13(16)10-14/h3-4,7-11H,5-6,17H2,1-2H3. The SMILES string of the molecule is CC(c1cccs1)N(C)c1cc(F)cc(CCN)c1. The number of thiophene rings is 1. The summed E-state index contributed by atoms with van der Waals surface area (Å²) in [5, 5.41) is 2.06. The average Bonchev–Trinajstić information content (AvgIpc) is 2.90. The van der Waals surface area contributed by atoms with Crippen molar-refractivity contribution in [3.8, 4) is 0 Å². The highest BCUT2D eigenvalue weighted by Crippen LogP contribution is 2.29. The Bertz CT molecular complexity index is 525. The molecule has 0 aliphatic rings. The number of hydrogen-bond acceptors (Lipinski definition) is 3. The van der Waals surface area contributed by atoms with Crippen molar-refractivity contribution in [3.63, 3.8) is 0 Å². The molecule has 0 fully saturated rings. The van der Waals surface area contributed by atoms with Crippen LogP contribution >= 0.6 is 11.3 Å². The number of benzene rings is 1. The quantitative estimate of drug-likeness (QED) is 0.905. The minimum Gasteiger partial charge on any atom is -0.367 e. The van der Waals surface area contributed by atoms with Crippen LogP contribution < -0.4 is 10.6 Å². The van der Waals surface area contributed by atoms with Crippen molar-refractivity contribution in [3.05, 3.63) is 52.0 Å². The van der Waals surface area contributed by atoms with E-state index in [1.165, 1.54) is 4.88 Å². The van der Waals surface area contributed by atoms with Gasteiger partial charge in [0.05, 0.1) is 6.04 Å².